The second kappa shape index (κ2) is 7.94. The lowest BCUT2D eigenvalue weighted by molar-refractivity contribution is -0.139. The summed E-state index contributed by atoms with van der Waals surface area (Å²) >= 11 is 0. The van der Waals surface area contributed by atoms with Crippen LogP contribution in [0.4, 0.5) is 0 Å². The molecule has 1 heterocycles. The molecular formula is C18H22N2O5. The van der Waals surface area contributed by atoms with Crippen LogP contribution in [0.3, 0.4) is 0 Å². The first kappa shape index (κ1) is 18.7. The van der Waals surface area contributed by atoms with Crippen molar-refractivity contribution < 1.29 is 23.8 Å². The summed E-state index contributed by atoms with van der Waals surface area (Å²) in [5, 5.41) is 11.7. The number of aryl methyl sites for hydroxylation is 1. The number of nitrogens with zero attached hydrogens (tertiary/aromatic N) is 1. The van der Waals surface area contributed by atoms with Crippen molar-refractivity contribution in [3.05, 3.63) is 41.8 Å². The number of ether oxygens (including phenoxy) is 1. The van der Waals surface area contributed by atoms with Crippen LogP contribution in [0.1, 0.15) is 24.8 Å². The van der Waals surface area contributed by atoms with Gasteiger partial charge in [0.15, 0.2) is 0 Å². The smallest absolute Gasteiger partial charge is 0.305 e. The van der Waals surface area contributed by atoms with Crippen molar-refractivity contribution in [3.8, 4) is 11.5 Å². The monoisotopic (exact) mass is 346 g/mol. The van der Waals surface area contributed by atoms with Gasteiger partial charge in [-0.05, 0) is 26.0 Å². The summed E-state index contributed by atoms with van der Waals surface area (Å²) < 4.78 is 10.7. The molecule has 0 aliphatic rings. The van der Waals surface area contributed by atoms with E-state index in [9.17, 15) is 9.59 Å². The van der Waals surface area contributed by atoms with E-state index in [2.05, 4.69) is 10.3 Å². The number of amides is 1. The van der Waals surface area contributed by atoms with E-state index in [1.807, 2.05) is 30.3 Å². The molecule has 0 spiro atoms. The van der Waals surface area contributed by atoms with Crippen LogP contribution in [-0.4, -0.2) is 41.2 Å². The molecule has 0 fully saturated rings. The van der Waals surface area contributed by atoms with Crippen molar-refractivity contribution in [1.29, 1.82) is 0 Å². The minimum atomic E-state index is -1.01. The highest BCUT2D eigenvalue weighted by Gasteiger charge is 2.30. The first-order chi connectivity index (χ1) is 11.8. The Bertz CT molecular complexity index is 741. The zero-order valence-electron chi connectivity index (χ0n) is 14.5. The van der Waals surface area contributed by atoms with Crippen LogP contribution in [0.15, 0.2) is 34.7 Å². The third-order valence-electron chi connectivity index (χ3n) is 3.69. The van der Waals surface area contributed by atoms with Gasteiger partial charge in [0, 0.05) is 12.7 Å². The Balaban J connectivity index is 2.10. The first-order valence-electron chi connectivity index (χ1n) is 7.86. The maximum Gasteiger partial charge on any atom is 0.305 e. The number of benzene rings is 1. The maximum atomic E-state index is 12.3. The van der Waals surface area contributed by atoms with Gasteiger partial charge in [-0.25, -0.2) is 4.98 Å². The molecule has 134 valence electrons. The van der Waals surface area contributed by atoms with Crippen LogP contribution in [0, 0.1) is 6.92 Å². The molecule has 2 rings (SSSR count). The van der Waals surface area contributed by atoms with Gasteiger partial charge in [0.1, 0.15) is 5.76 Å². The molecule has 1 amide bonds. The summed E-state index contributed by atoms with van der Waals surface area (Å²) in [5.74, 6) is -0.340. The molecule has 7 heteroatoms. The van der Waals surface area contributed by atoms with E-state index in [0.29, 0.717) is 17.3 Å². The van der Waals surface area contributed by atoms with Gasteiger partial charge in [-0.2, -0.15) is 0 Å². The van der Waals surface area contributed by atoms with E-state index in [1.165, 1.54) is 7.11 Å². The van der Waals surface area contributed by atoms with E-state index in [-0.39, 0.29) is 25.4 Å². The fourth-order valence-corrected chi connectivity index (χ4v) is 2.61. The number of aliphatic carboxylic acids is 1. The molecule has 0 aliphatic heterocycles. The average Bonchev–Trinajstić information content (AvgIpc) is 2.88. The molecule has 0 saturated heterocycles. The molecule has 2 N–H and O–H groups in total. The van der Waals surface area contributed by atoms with Crippen molar-refractivity contribution in [2.24, 2.45) is 0 Å². The number of carbonyl (C=O) groups is 2. The Morgan fingerprint density at radius 1 is 1.32 bits per heavy atom. The molecule has 0 saturated carbocycles. The minimum Gasteiger partial charge on any atom is -0.481 e. The summed E-state index contributed by atoms with van der Waals surface area (Å²) in [7, 11) is 1.46. The highest BCUT2D eigenvalue weighted by Crippen LogP contribution is 2.22. The van der Waals surface area contributed by atoms with Crippen LogP contribution in [0.5, 0.6) is 0 Å². The normalized spacial score (nSPS) is 13.2. The largest absolute Gasteiger partial charge is 0.481 e. The molecular weight excluding hydrogens is 324 g/mol. The zero-order chi connectivity index (χ0) is 18.4. The molecule has 0 radical (unpaired) electrons. The summed E-state index contributed by atoms with van der Waals surface area (Å²) in [6.07, 6.45) is -0.235. The second-order valence-corrected chi connectivity index (χ2v) is 6.18. The number of nitrogens with one attached hydrogen (secondary N) is 1. The summed E-state index contributed by atoms with van der Waals surface area (Å²) in [6.45, 7) is 3.47. The quantitative estimate of drug-likeness (QED) is 0.760. The minimum absolute atomic E-state index is 0.00108. The van der Waals surface area contributed by atoms with Crippen LogP contribution in [0.25, 0.3) is 11.5 Å². The lowest BCUT2D eigenvalue weighted by Gasteiger charge is -2.28. The number of carbonyl (C=O) groups excluding carboxylic acids is 1. The first-order valence-corrected chi connectivity index (χ1v) is 7.86. The van der Waals surface area contributed by atoms with E-state index in [4.69, 9.17) is 14.3 Å². The number of hydrogen-bond donors (Lipinski definition) is 2. The van der Waals surface area contributed by atoms with Crippen LogP contribution < -0.4 is 5.32 Å². The molecule has 2 aromatic rings. The number of rotatable bonds is 8. The third-order valence-corrected chi connectivity index (χ3v) is 3.69. The van der Waals surface area contributed by atoms with Crippen molar-refractivity contribution in [2.75, 3.05) is 13.7 Å². The predicted molar refractivity (Wildman–Crippen MR) is 91.1 cm³/mol. The Morgan fingerprint density at radius 3 is 2.60 bits per heavy atom. The van der Waals surface area contributed by atoms with E-state index < -0.39 is 11.5 Å². The maximum absolute atomic E-state index is 12.3. The SMILES string of the molecule is COCC(C)(CC(=O)O)NC(=O)Cc1nc(-c2ccccc2)oc1C. The van der Waals surface area contributed by atoms with Crippen LogP contribution in [-0.2, 0) is 20.7 Å². The number of aromatic nitrogens is 1. The predicted octanol–water partition coefficient (Wildman–Crippen LogP) is 2.19. The van der Waals surface area contributed by atoms with Crippen molar-refractivity contribution in [1.82, 2.24) is 10.3 Å². The average molecular weight is 346 g/mol. The van der Waals surface area contributed by atoms with Gasteiger partial charge in [-0.1, -0.05) is 18.2 Å². The van der Waals surface area contributed by atoms with Gasteiger partial charge in [-0.15, -0.1) is 0 Å². The Kier molecular flexibility index (Phi) is 5.93. The number of hydrogen-bond acceptors (Lipinski definition) is 5. The molecule has 0 aliphatic carbocycles. The van der Waals surface area contributed by atoms with Gasteiger partial charge < -0.3 is 19.6 Å². The second-order valence-electron chi connectivity index (χ2n) is 6.18. The Hall–Kier alpha value is -2.67. The lowest BCUT2D eigenvalue weighted by atomic mass is 9.98. The van der Waals surface area contributed by atoms with Gasteiger partial charge in [0.25, 0.3) is 0 Å². The molecule has 25 heavy (non-hydrogen) atoms. The number of carboxylic acids is 1. The lowest BCUT2D eigenvalue weighted by Crippen LogP contribution is -2.51. The van der Waals surface area contributed by atoms with Gasteiger partial charge in [-0.3, -0.25) is 9.59 Å². The van der Waals surface area contributed by atoms with Crippen LogP contribution in [0.2, 0.25) is 0 Å². The number of methoxy groups -OCH3 is 1. The zero-order valence-corrected chi connectivity index (χ0v) is 14.5. The van der Waals surface area contributed by atoms with Crippen LogP contribution >= 0.6 is 0 Å². The molecule has 1 unspecified atom stereocenters. The Morgan fingerprint density at radius 2 is 2.00 bits per heavy atom. The van der Waals surface area contributed by atoms with E-state index in [1.54, 1.807) is 13.8 Å². The topological polar surface area (TPSA) is 102 Å². The van der Waals surface area contributed by atoms with E-state index >= 15 is 0 Å². The van der Waals surface area contributed by atoms with Crippen molar-refractivity contribution in [3.63, 3.8) is 0 Å². The van der Waals surface area contributed by atoms with Gasteiger partial charge in [0.05, 0.1) is 30.7 Å². The Labute approximate surface area is 146 Å². The molecule has 7 nitrogen and oxygen atoms in total. The number of carboxylic acid groups (broad SMARTS) is 1. The van der Waals surface area contributed by atoms with Gasteiger partial charge >= 0.3 is 5.97 Å². The van der Waals surface area contributed by atoms with Crippen molar-refractivity contribution >= 4 is 11.9 Å². The fraction of sp³-hybridized carbons (Fsp3) is 0.389. The molecule has 0 bridgehead atoms. The standard InChI is InChI=1S/C18H22N2O5/c1-12-14(19-17(25-12)13-7-5-4-6-8-13)9-15(21)20-18(2,11-24-3)10-16(22)23/h4-8H,9-11H2,1-3H3,(H,20,21)(H,22,23). The number of oxazole rings is 1. The van der Waals surface area contributed by atoms with Gasteiger partial charge in [0.2, 0.25) is 11.8 Å². The van der Waals surface area contributed by atoms with Crippen molar-refractivity contribution in [2.45, 2.75) is 32.2 Å². The fourth-order valence-electron chi connectivity index (χ4n) is 2.61. The molecule has 1 atom stereocenters. The third kappa shape index (κ3) is 5.15. The summed E-state index contributed by atoms with van der Waals surface area (Å²) in [4.78, 5) is 27.7. The molecule has 1 aromatic carbocycles. The molecule has 1 aromatic heterocycles. The highest BCUT2D eigenvalue weighted by atomic mass is 16.5. The summed E-state index contributed by atoms with van der Waals surface area (Å²) in [6, 6.07) is 9.40. The highest BCUT2D eigenvalue weighted by molar-refractivity contribution is 5.80. The van der Waals surface area contributed by atoms with E-state index in [0.717, 1.165) is 5.56 Å². The summed E-state index contributed by atoms with van der Waals surface area (Å²) in [5.41, 5.74) is 0.358.